The maximum Gasteiger partial charge on any atom is 0.286 e. The van der Waals surface area contributed by atoms with Gasteiger partial charge in [-0.1, -0.05) is 12.1 Å². The van der Waals surface area contributed by atoms with Crippen molar-refractivity contribution in [1.29, 1.82) is 0 Å². The van der Waals surface area contributed by atoms with Crippen molar-refractivity contribution >= 4 is 22.8 Å². The summed E-state index contributed by atoms with van der Waals surface area (Å²) < 4.78 is 12.6. The van der Waals surface area contributed by atoms with Crippen LogP contribution < -0.4 is 10.6 Å². The van der Waals surface area contributed by atoms with Crippen LogP contribution in [-0.4, -0.2) is 47.2 Å². The monoisotopic (exact) mass is 410 g/mol. The fourth-order valence-electron chi connectivity index (χ4n) is 3.67. The third-order valence-electron chi connectivity index (χ3n) is 5.19. The number of nitrogens with one attached hydrogen (secondary N) is 2. The van der Waals surface area contributed by atoms with Crippen molar-refractivity contribution in [2.45, 2.75) is 38.3 Å². The highest BCUT2D eigenvalue weighted by atomic mass is 16.5. The van der Waals surface area contributed by atoms with Crippen LogP contribution in [0.1, 0.15) is 35.6 Å². The second-order valence-corrected chi connectivity index (χ2v) is 7.38. The van der Waals surface area contributed by atoms with E-state index >= 15 is 0 Å². The quantitative estimate of drug-likeness (QED) is 0.528. The van der Waals surface area contributed by atoms with Gasteiger partial charge in [-0.2, -0.15) is 0 Å². The third-order valence-corrected chi connectivity index (χ3v) is 5.19. The van der Waals surface area contributed by atoms with Crippen LogP contribution in [0.25, 0.3) is 11.0 Å². The fraction of sp³-hybridized carbons (Fsp3) is 0.409. The summed E-state index contributed by atoms with van der Waals surface area (Å²) in [6, 6.07) is 11.1. The average Bonchev–Trinajstić information content (AvgIpc) is 3.51. The van der Waals surface area contributed by atoms with Gasteiger partial charge in [0.05, 0.1) is 23.4 Å². The highest BCUT2D eigenvalue weighted by Gasteiger charge is 2.18. The van der Waals surface area contributed by atoms with Crippen LogP contribution in [0.15, 0.2) is 47.1 Å². The smallest absolute Gasteiger partial charge is 0.286 e. The van der Waals surface area contributed by atoms with Gasteiger partial charge in [0.25, 0.3) is 5.91 Å². The number of para-hydroxylation sites is 2. The van der Waals surface area contributed by atoms with Crippen molar-refractivity contribution in [3.63, 3.8) is 0 Å². The van der Waals surface area contributed by atoms with Crippen molar-refractivity contribution in [2.75, 3.05) is 19.7 Å². The molecule has 0 saturated carbocycles. The van der Waals surface area contributed by atoms with E-state index in [9.17, 15) is 9.59 Å². The lowest BCUT2D eigenvalue weighted by Gasteiger charge is -2.13. The Morgan fingerprint density at radius 2 is 2.07 bits per heavy atom. The zero-order chi connectivity index (χ0) is 20.8. The summed E-state index contributed by atoms with van der Waals surface area (Å²) in [4.78, 5) is 29.2. The summed E-state index contributed by atoms with van der Waals surface area (Å²) in [6.45, 7) is 2.02. The number of aromatic nitrogens is 2. The molecule has 1 unspecified atom stereocenters. The molecule has 8 heteroatoms. The van der Waals surface area contributed by atoms with Crippen LogP contribution in [0.3, 0.4) is 0 Å². The highest BCUT2D eigenvalue weighted by molar-refractivity contribution is 5.91. The second-order valence-electron chi connectivity index (χ2n) is 7.38. The molecule has 158 valence electrons. The van der Waals surface area contributed by atoms with Gasteiger partial charge in [0.15, 0.2) is 5.76 Å². The molecule has 8 nitrogen and oxygen atoms in total. The SMILES string of the molecule is O=C(Cn1c(CCCNC(=O)c2ccco2)nc2ccccc21)NCC1CCCO1. The Morgan fingerprint density at radius 3 is 2.87 bits per heavy atom. The number of carbonyl (C=O) groups excluding carboxylic acids is 2. The number of hydrogen-bond acceptors (Lipinski definition) is 5. The van der Waals surface area contributed by atoms with Gasteiger partial charge >= 0.3 is 0 Å². The van der Waals surface area contributed by atoms with Gasteiger partial charge in [0, 0.05) is 26.1 Å². The molecular formula is C22H26N4O4. The first-order valence-corrected chi connectivity index (χ1v) is 10.3. The molecule has 0 aliphatic carbocycles. The van der Waals surface area contributed by atoms with Crippen LogP contribution in [0.4, 0.5) is 0 Å². The van der Waals surface area contributed by atoms with E-state index in [1.165, 1.54) is 6.26 Å². The lowest BCUT2D eigenvalue weighted by Crippen LogP contribution is -2.34. The zero-order valence-electron chi connectivity index (χ0n) is 16.8. The Morgan fingerprint density at radius 1 is 1.17 bits per heavy atom. The van der Waals surface area contributed by atoms with Crippen LogP contribution in [0, 0.1) is 0 Å². The van der Waals surface area contributed by atoms with Crippen molar-refractivity contribution in [1.82, 2.24) is 20.2 Å². The maximum atomic E-state index is 12.5. The number of rotatable bonds is 9. The number of carbonyl (C=O) groups is 2. The summed E-state index contributed by atoms with van der Waals surface area (Å²) in [5.74, 6) is 0.837. The number of fused-ring (bicyclic) bond motifs is 1. The molecular weight excluding hydrogens is 384 g/mol. The molecule has 3 aromatic rings. The Labute approximate surface area is 174 Å². The Hall–Kier alpha value is -3.13. The molecule has 1 aliphatic heterocycles. The summed E-state index contributed by atoms with van der Waals surface area (Å²) in [5, 5.41) is 5.81. The second kappa shape index (κ2) is 9.58. The van der Waals surface area contributed by atoms with Gasteiger partial charge in [-0.25, -0.2) is 4.98 Å². The standard InChI is InChI=1S/C22H26N4O4/c27-21(24-14-16-6-4-12-29-16)15-26-18-8-2-1-7-17(18)25-20(26)10-3-11-23-22(28)19-9-5-13-30-19/h1-2,5,7-9,13,16H,3-4,6,10-12,14-15H2,(H,23,28)(H,24,27). The number of hydrogen-bond donors (Lipinski definition) is 2. The van der Waals surface area contributed by atoms with Gasteiger partial charge in [-0.3, -0.25) is 9.59 Å². The van der Waals surface area contributed by atoms with Gasteiger partial charge in [0.2, 0.25) is 5.91 Å². The van der Waals surface area contributed by atoms with E-state index < -0.39 is 0 Å². The molecule has 4 rings (SSSR count). The predicted octanol–water partition coefficient (Wildman–Crippen LogP) is 2.29. The number of benzene rings is 1. The fourth-order valence-corrected chi connectivity index (χ4v) is 3.67. The van der Waals surface area contributed by atoms with Crippen molar-refractivity contribution in [3.05, 3.63) is 54.2 Å². The minimum absolute atomic E-state index is 0.0546. The molecule has 0 radical (unpaired) electrons. The van der Waals surface area contributed by atoms with Crippen LogP contribution in [0.5, 0.6) is 0 Å². The van der Waals surface area contributed by atoms with E-state index in [-0.39, 0.29) is 24.5 Å². The Bertz CT molecular complexity index is 990. The predicted molar refractivity (Wildman–Crippen MR) is 111 cm³/mol. The summed E-state index contributed by atoms with van der Waals surface area (Å²) >= 11 is 0. The molecule has 30 heavy (non-hydrogen) atoms. The summed E-state index contributed by atoms with van der Waals surface area (Å²) in [7, 11) is 0. The van der Waals surface area contributed by atoms with Gasteiger partial charge in [0.1, 0.15) is 12.4 Å². The van der Waals surface area contributed by atoms with E-state index in [0.29, 0.717) is 31.7 Å². The highest BCUT2D eigenvalue weighted by Crippen LogP contribution is 2.17. The first-order valence-electron chi connectivity index (χ1n) is 10.3. The number of furan rings is 1. The molecule has 3 heterocycles. The molecule has 1 aliphatic rings. The van der Waals surface area contributed by atoms with Crippen molar-refractivity contribution in [3.8, 4) is 0 Å². The van der Waals surface area contributed by atoms with Gasteiger partial charge < -0.3 is 24.4 Å². The average molecular weight is 410 g/mol. The molecule has 1 atom stereocenters. The first-order chi connectivity index (χ1) is 14.7. The van der Waals surface area contributed by atoms with E-state index in [4.69, 9.17) is 14.1 Å². The van der Waals surface area contributed by atoms with E-state index in [1.54, 1.807) is 12.1 Å². The molecule has 2 aromatic heterocycles. The molecule has 2 amide bonds. The molecule has 1 saturated heterocycles. The van der Waals surface area contributed by atoms with Crippen molar-refractivity contribution < 1.29 is 18.7 Å². The Balaban J connectivity index is 1.36. The minimum atomic E-state index is -0.234. The maximum absolute atomic E-state index is 12.5. The summed E-state index contributed by atoms with van der Waals surface area (Å²) in [5.41, 5.74) is 1.79. The zero-order valence-corrected chi connectivity index (χ0v) is 16.8. The first kappa shape index (κ1) is 20.2. The minimum Gasteiger partial charge on any atom is -0.459 e. The molecule has 0 spiro atoms. The normalized spacial score (nSPS) is 16.1. The third kappa shape index (κ3) is 4.88. The number of ether oxygens (including phenoxy) is 1. The largest absolute Gasteiger partial charge is 0.459 e. The van der Waals surface area contributed by atoms with Gasteiger partial charge in [-0.15, -0.1) is 0 Å². The lowest BCUT2D eigenvalue weighted by molar-refractivity contribution is -0.122. The topological polar surface area (TPSA) is 98.4 Å². The molecule has 0 bridgehead atoms. The number of imidazole rings is 1. The number of nitrogens with zero attached hydrogens (tertiary/aromatic N) is 2. The summed E-state index contributed by atoms with van der Waals surface area (Å²) in [6.07, 6.45) is 4.97. The van der Waals surface area contributed by atoms with E-state index in [1.807, 2.05) is 28.8 Å². The lowest BCUT2D eigenvalue weighted by atomic mass is 10.2. The van der Waals surface area contributed by atoms with Crippen LogP contribution in [-0.2, 0) is 22.5 Å². The van der Waals surface area contributed by atoms with Crippen LogP contribution >= 0.6 is 0 Å². The van der Waals surface area contributed by atoms with Crippen molar-refractivity contribution in [2.24, 2.45) is 0 Å². The van der Waals surface area contributed by atoms with Crippen LogP contribution in [0.2, 0.25) is 0 Å². The van der Waals surface area contributed by atoms with Gasteiger partial charge in [-0.05, 0) is 43.5 Å². The molecule has 2 N–H and O–H groups in total. The Kier molecular flexibility index (Phi) is 6.44. The van der Waals surface area contributed by atoms with E-state index in [0.717, 1.165) is 36.3 Å². The van der Waals surface area contributed by atoms with E-state index in [2.05, 4.69) is 10.6 Å². The number of aryl methyl sites for hydroxylation is 1. The molecule has 1 aromatic carbocycles. The molecule has 1 fully saturated rings. The number of amides is 2.